The summed E-state index contributed by atoms with van der Waals surface area (Å²) in [4.78, 5) is 11.8. The summed E-state index contributed by atoms with van der Waals surface area (Å²) in [5, 5.41) is 2.81. The predicted molar refractivity (Wildman–Crippen MR) is 82.6 cm³/mol. The number of nitrogens with one attached hydrogen (secondary N) is 1. The molecule has 2 rings (SSSR count). The van der Waals surface area contributed by atoms with Crippen molar-refractivity contribution in [3.63, 3.8) is 0 Å². The quantitative estimate of drug-likeness (QED) is 0.888. The molecule has 0 radical (unpaired) electrons. The molecule has 3 nitrogen and oxygen atoms in total. The van der Waals surface area contributed by atoms with Gasteiger partial charge in [-0.1, -0.05) is 46.3 Å². The summed E-state index contributed by atoms with van der Waals surface area (Å²) in [6, 6.07) is 13.5. The van der Waals surface area contributed by atoms with Crippen LogP contribution in [-0.4, -0.2) is 12.5 Å². The minimum absolute atomic E-state index is 0.0706. The van der Waals surface area contributed by atoms with Crippen molar-refractivity contribution in [1.29, 1.82) is 0 Å². The van der Waals surface area contributed by atoms with E-state index in [4.69, 9.17) is 4.74 Å². The first-order chi connectivity index (χ1) is 10.1. The molecule has 1 N–H and O–H groups in total. The molecule has 0 aromatic heterocycles. The first kappa shape index (κ1) is 15.5. The first-order valence-electron chi connectivity index (χ1n) is 6.49. The Hall–Kier alpha value is -1.88. The van der Waals surface area contributed by atoms with Crippen molar-refractivity contribution < 1.29 is 13.9 Å². The number of carbonyl (C=O) groups excluding carboxylic acids is 1. The van der Waals surface area contributed by atoms with Crippen LogP contribution in [0.5, 0.6) is 5.75 Å². The monoisotopic (exact) mass is 351 g/mol. The Bertz CT molecular complexity index is 633. The summed E-state index contributed by atoms with van der Waals surface area (Å²) >= 11 is 3.44. The van der Waals surface area contributed by atoms with Gasteiger partial charge in [0.1, 0.15) is 0 Å². The second-order valence-corrected chi connectivity index (χ2v) is 5.38. The van der Waals surface area contributed by atoms with Crippen LogP contribution in [-0.2, 0) is 4.79 Å². The van der Waals surface area contributed by atoms with E-state index in [9.17, 15) is 9.18 Å². The highest BCUT2D eigenvalue weighted by molar-refractivity contribution is 9.10. The molecule has 2 aromatic rings. The highest BCUT2D eigenvalue weighted by Crippen LogP contribution is 2.22. The van der Waals surface area contributed by atoms with Crippen LogP contribution in [0, 0.1) is 5.82 Å². The number of benzene rings is 2. The van der Waals surface area contributed by atoms with E-state index in [2.05, 4.69) is 21.2 Å². The summed E-state index contributed by atoms with van der Waals surface area (Å²) in [6.45, 7) is 1.65. The van der Waals surface area contributed by atoms with Gasteiger partial charge < -0.3 is 10.1 Å². The van der Waals surface area contributed by atoms with Crippen LogP contribution in [0.3, 0.4) is 0 Å². The van der Waals surface area contributed by atoms with Crippen LogP contribution in [0.15, 0.2) is 53.0 Å². The maximum Gasteiger partial charge on any atom is 0.258 e. The third-order valence-corrected chi connectivity index (χ3v) is 3.67. The summed E-state index contributed by atoms with van der Waals surface area (Å²) in [7, 11) is 0. The van der Waals surface area contributed by atoms with E-state index in [0.29, 0.717) is 0 Å². The van der Waals surface area contributed by atoms with Gasteiger partial charge in [0.2, 0.25) is 0 Å². The van der Waals surface area contributed by atoms with Gasteiger partial charge >= 0.3 is 0 Å². The first-order valence-corrected chi connectivity index (χ1v) is 7.28. The van der Waals surface area contributed by atoms with Gasteiger partial charge in [0.25, 0.3) is 5.91 Å². The fourth-order valence-corrected chi connectivity index (χ4v) is 2.52. The molecule has 0 saturated carbocycles. The Morgan fingerprint density at radius 1 is 1.24 bits per heavy atom. The number of hydrogen-bond donors (Lipinski definition) is 1. The van der Waals surface area contributed by atoms with Crippen LogP contribution >= 0.6 is 15.9 Å². The minimum atomic E-state index is -0.482. The molecule has 0 fully saturated rings. The Kier molecular flexibility index (Phi) is 5.33. The lowest BCUT2D eigenvalue weighted by Crippen LogP contribution is -2.31. The van der Waals surface area contributed by atoms with Crippen LogP contribution < -0.4 is 10.1 Å². The van der Waals surface area contributed by atoms with Gasteiger partial charge in [-0.05, 0) is 30.7 Å². The molecule has 2 aromatic carbocycles. The number of rotatable bonds is 5. The lowest BCUT2D eigenvalue weighted by Gasteiger charge is -2.16. The lowest BCUT2D eigenvalue weighted by molar-refractivity contribution is -0.123. The van der Waals surface area contributed by atoms with Crippen molar-refractivity contribution in [3.05, 3.63) is 64.4 Å². The molecule has 1 unspecified atom stereocenters. The molecule has 110 valence electrons. The molecule has 0 aliphatic carbocycles. The smallest absolute Gasteiger partial charge is 0.258 e. The van der Waals surface area contributed by atoms with Gasteiger partial charge in [-0.25, -0.2) is 4.39 Å². The van der Waals surface area contributed by atoms with Crippen LogP contribution in [0.4, 0.5) is 4.39 Å². The zero-order chi connectivity index (χ0) is 15.2. The van der Waals surface area contributed by atoms with Crippen molar-refractivity contribution in [2.75, 3.05) is 6.61 Å². The summed E-state index contributed by atoms with van der Waals surface area (Å²) in [6.07, 6.45) is 0. The summed E-state index contributed by atoms with van der Waals surface area (Å²) < 4.78 is 19.4. The number of para-hydroxylation sites is 1. The summed E-state index contributed by atoms with van der Waals surface area (Å²) in [5.41, 5.74) is 0.969. The topological polar surface area (TPSA) is 38.3 Å². The maximum atomic E-state index is 13.4. The van der Waals surface area contributed by atoms with Crippen molar-refractivity contribution in [2.24, 2.45) is 0 Å². The van der Waals surface area contributed by atoms with Crippen molar-refractivity contribution in [3.8, 4) is 5.75 Å². The van der Waals surface area contributed by atoms with Crippen molar-refractivity contribution >= 4 is 21.8 Å². The highest BCUT2D eigenvalue weighted by atomic mass is 79.9. The van der Waals surface area contributed by atoms with Crippen LogP contribution in [0.1, 0.15) is 18.5 Å². The molecule has 0 aliphatic rings. The Balaban J connectivity index is 1.90. The Morgan fingerprint density at radius 3 is 2.62 bits per heavy atom. The molecular weight excluding hydrogens is 337 g/mol. The van der Waals surface area contributed by atoms with E-state index in [1.165, 1.54) is 12.1 Å². The van der Waals surface area contributed by atoms with E-state index < -0.39 is 5.82 Å². The van der Waals surface area contributed by atoms with Gasteiger partial charge in [-0.3, -0.25) is 4.79 Å². The third-order valence-electron chi connectivity index (χ3n) is 2.94. The second kappa shape index (κ2) is 7.22. The molecule has 1 amide bonds. The molecular formula is C16H15BrFNO2. The molecule has 5 heteroatoms. The lowest BCUT2D eigenvalue weighted by atomic mass is 10.1. The number of halogens is 2. The standard InChI is InChI=1S/C16H15BrFNO2/c1-11(12-6-2-3-7-13(12)17)19-16(20)10-21-15-9-5-4-8-14(15)18/h2-9,11H,10H2,1H3,(H,19,20). The number of ether oxygens (including phenoxy) is 1. The van der Waals surface area contributed by atoms with Crippen molar-refractivity contribution in [1.82, 2.24) is 5.32 Å². The van der Waals surface area contributed by atoms with E-state index in [-0.39, 0.29) is 24.3 Å². The molecule has 0 bridgehead atoms. The van der Waals surface area contributed by atoms with Crippen LogP contribution in [0.2, 0.25) is 0 Å². The van der Waals surface area contributed by atoms with E-state index >= 15 is 0 Å². The Labute approximate surface area is 131 Å². The fourth-order valence-electron chi connectivity index (χ4n) is 1.89. The second-order valence-electron chi connectivity index (χ2n) is 4.53. The van der Waals surface area contributed by atoms with Gasteiger partial charge in [0.05, 0.1) is 6.04 Å². The Morgan fingerprint density at radius 2 is 1.90 bits per heavy atom. The molecule has 0 aliphatic heterocycles. The average Bonchev–Trinajstić information content (AvgIpc) is 2.46. The zero-order valence-electron chi connectivity index (χ0n) is 11.5. The van der Waals surface area contributed by atoms with E-state index in [0.717, 1.165) is 10.0 Å². The molecule has 0 saturated heterocycles. The normalized spacial score (nSPS) is 11.8. The number of carbonyl (C=O) groups is 1. The number of hydrogen-bond acceptors (Lipinski definition) is 2. The summed E-state index contributed by atoms with van der Waals surface area (Å²) in [5.74, 6) is -0.716. The molecule has 21 heavy (non-hydrogen) atoms. The average molecular weight is 352 g/mol. The molecule has 0 heterocycles. The largest absolute Gasteiger partial charge is 0.481 e. The van der Waals surface area contributed by atoms with E-state index in [1.54, 1.807) is 12.1 Å². The SMILES string of the molecule is CC(NC(=O)COc1ccccc1F)c1ccccc1Br. The molecule has 0 spiro atoms. The van der Waals surface area contributed by atoms with Crippen molar-refractivity contribution in [2.45, 2.75) is 13.0 Å². The highest BCUT2D eigenvalue weighted by Gasteiger charge is 2.13. The molecule has 1 atom stereocenters. The minimum Gasteiger partial charge on any atom is -0.481 e. The van der Waals surface area contributed by atoms with Crippen LogP contribution in [0.25, 0.3) is 0 Å². The third kappa shape index (κ3) is 4.29. The fraction of sp³-hybridized carbons (Fsp3) is 0.188. The number of amides is 1. The maximum absolute atomic E-state index is 13.4. The predicted octanol–water partition coefficient (Wildman–Crippen LogP) is 3.84. The van der Waals surface area contributed by atoms with E-state index in [1.807, 2.05) is 31.2 Å². The van der Waals surface area contributed by atoms with Gasteiger partial charge in [0.15, 0.2) is 18.2 Å². The van der Waals surface area contributed by atoms with Gasteiger partial charge in [-0.15, -0.1) is 0 Å². The van der Waals surface area contributed by atoms with Gasteiger partial charge in [-0.2, -0.15) is 0 Å². The van der Waals surface area contributed by atoms with Gasteiger partial charge in [0, 0.05) is 4.47 Å². The zero-order valence-corrected chi connectivity index (χ0v) is 13.1.